The van der Waals surface area contributed by atoms with Crippen molar-refractivity contribution in [1.82, 2.24) is 5.32 Å². The van der Waals surface area contributed by atoms with E-state index in [0.717, 1.165) is 0 Å². The molecule has 1 fully saturated rings. The zero-order valence-electron chi connectivity index (χ0n) is 10.6. The summed E-state index contributed by atoms with van der Waals surface area (Å²) in [6.45, 7) is 1.37. The predicted molar refractivity (Wildman–Crippen MR) is 67.2 cm³/mol. The Bertz CT molecular complexity index is 493. The fourth-order valence-electron chi connectivity index (χ4n) is 2.07. The van der Waals surface area contributed by atoms with E-state index < -0.39 is 11.9 Å². The quantitative estimate of drug-likeness (QED) is 0.840. The SMILES string of the molecule is COc1ccc([C@@H]2CN[C@@H](CN)CO2)c(F)c1C#N. The molecule has 1 aromatic rings. The first-order valence-corrected chi connectivity index (χ1v) is 6.02. The molecule has 0 amide bonds. The topological polar surface area (TPSA) is 80.3 Å². The molecule has 1 aromatic carbocycles. The third-order valence-corrected chi connectivity index (χ3v) is 3.19. The Morgan fingerprint density at radius 1 is 1.63 bits per heavy atom. The number of morpholine rings is 1. The van der Waals surface area contributed by atoms with Gasteiger partial charge in [0.15, 0.2) is 5.82 Å². The normalized spacial score (nSPS) is 22.8. The Hall–Kier alpha value is -1.68. The van der Waals surface area contributed by atoms with Gasteiger partial charge in [-0.15, -0.1) is 0 Å². The van der Waals surface area contributed by atoms with Crippen LogP contribution in [0, 0.1) is 17.1 Å². The van der Waals surface area contributed by atoms with Crippen LogP contribution in [0.3, 0.4) is 0 Å². The second-order valence-electron chi connectivity index (χ2n) is 4.32. The number of hydrogen-bond acceptors (Lipinski definition) is 5. The standard InChI is InChI=1S/C13H16FN3O2/c1-18-11-3-2-9(13(14)10(11)5-16)12-6-17-8(4-15)7-19-12/h2-3,8,12,17H,4,6-7,15H2,1H3/t8-,12-/m0/s1. The number of halogens is 1. The number of nitriles is 1. The largest absolute Gasteiger partial charge is 0.495 e. The predicted octanol–water partition coefficient (Wildman–Crippen LogP) is 0.694. The van der Waals surface area contributed by atoms with Crippen molar-refractivity contribution in [1.29, 1.82) is 5.26 Å². The molecule has 2 atom stereocenters. The van der Waals surface area contributed by atoms with Crippen LogP contribution in [0.5, 0.6) is 5.75 Å². The summed E-state index contributed by atoms with van der Waals surface area (Å²) in [5.41, 5.74) is 5.79. The number of methoxy groups -OCH3 is 1. The van der Waals surface area contributed by atoms with Crippen molar-refractivity contribution in [2.75, 3.05) is 26.8 Å². The third kappa shape index (κ3) is 2.68. The smallest absolute Gasteiger partial charge is 0.150 e. The van der Waals surface area contributed by atoms with Crippen LogP contribution in [-0.4, -0.2) is 32.8 Å². The highest BCUT2D eigenvalue weighted by molar-refractivity contribution is 5.47. The summed E-state index contributed by atoms with van der Waals surface area (Å²) >= 11 is 0. The molecule has 5 nitrogen and oxygen atoms in total. The molecule has 0 radical (unpaired) electrons. The maximum Gasteiger partial charge on any atom is 0.150 e. The molecule has 19 heavy (non-hydrogen) atoms. The molecule has 1 aliphatic rings. The summed E-state index contributed by atoms with van der Waals surface area (Å²) in [6, 6.07) is 5.08. The van der Waals surface area contributed by atoms with Crippen LogP contribution in [0.1, 0.15) is 17.2 Å². The van der Waals surface area contributed by atoms with Gasteiger partial charge < -0.3 is 20.5 Å². The molecule has 2 rings (SSSR count). The van der Waals surface area contributed by atoms with E-state index in [2.05, 4.69) is 5.32 Å². The molecule has 102 valence electrons. The zero-order valence-corrected chi connectivity index (χ0v) is 10.6. The third-order valence-electron chi connectivity index (χ3n) is 3.19. The molecule has 0 aliphatic carbocycles. The number of nitrogens with zero attached hydrogens (tertiary/aromatic N) is 1. The molecule has 6 heteroatoms. The monoisotopic (exact) mass is 265 g/mol. The molecule has 3 N–H and O–H groups in total. The first kappa shape index (κ1) is 13.7. The van der Waals surface area contributed by atoms with Crippen molar-refractivity contribution in [2.45, 2.75) is 12.1 Å². The van der Waals surface area contributed by atoms with Gasteiger partial charge in [-0.05, 0) is 12.1 Å². The Labute approximate surface area is 111 Å². The van der Waals surface area contributed by atoms with Gasteiger partial charge in [-0.25, -0.2) is 4.39 Å². The summed E-state index contributed by atoms with van der Waals surface area (Å²) in [7, 11) is 1.40. The minimum absolute atomic E-state index is 0.0907. The lowest BCUT2D eigenvalue weighted by Gasteiger charge is -2.30. The van der Waals surface area contributed by atoms with Crippen molar-refractivity contribution in [3.05, 3.63) is 29.1 Å². The fourth-order valence-corrected chi connectivity index (χ4v) is 2.07. The average Bonchev–Trinajstić information content (AvgIpc) is 2.47. The van der Waals surface area contributed by atoms with E-state index in [1.807, 2.05) is 6.07 Å². The van der Waals surface area contributed by atoms with Gasteiger partial charge in [0, 0.05) is 24.7 Å². The molecule has 0 aromatic heterocycles. The lowest BCUT2D eigenvalue weighted by atomic mass is 10.0. The second kappa shape index (κ2) is 5.97. The number of rotatable bonds is 3. The zero-order chi connectivity index (χ0) is 13.8. The van der Waals surface area contributed by atoms with Crippen molar-refractivity contribution in [3.63, 3.8) is 0 Å². The summed E-state index contributed by atoms with van der Waals surface area (Å²) in [6.07, 6.45) is -0.416. The molecule has 0 bridgehead atoms. The van der Waals surface area contributed by atoms with E-state index in [0.29, 0.717) is 25.3 Å². The number of nitrogens with one attached hydrogen (secondary N) is 1. The maximum absolute atomic E-state index is 14.2. The van der Waals surface area contributed by atoms with Crippen LogP contribution in [0.4, 0.5) is 4.39 Å². The first-order valence-electron chi connectivity index (χ1n) is 6.02. The highest BCUT2D eigenvalue weighted by atomic mass is 19.1. The van der Waals surface area contributed by atoms with Crippen molar-refractivity contribution in [3.8, 4) is 11.8 Å². The average molecular weight is 265 g/mol. The Balaban J connectivity index is 2.25. The number of ether oxygens (including phenoxy) is 2. The Morgan fingerprint density at radius 3 is 2.95 bits per heavy atom. The minimum atomic E-state index is -0.583. The fraction of sp³-hybridized carbons (Fsp3) is 0.462. The Kier molecular flexibility index (Phi) is 4.32. The molecule has 0 spiro atoms. The highest BCUT2D eigenvalue weighted by Gasteiger charge is 2.26. The van der Waals surface area contributed by atoms with Crippen LogP contribution in [-0.2, 0) is 4.74 Å². The molecular formula is C13H16FN3O2. The number of nitrogens with two attached hydrogens (primary N) is 1. The van der Waals surface area contributed by atoms with Crippen LogP contribution in [0.25, 0.3) is 0 Å². The van der Waals surface area contributed by atoms with Crippen LogP contribution >= 0.6 is 0 Å². The molecule has 1 saturated heterocycles. The van der Waals surface area contributed by atoms with Gasteiger partial charge in [0.2, 0.25) is 0 Å². The minimum Gasteiger partial charge on any atom is -0.495 e. The van der Waals surface area contributed by atoms with Crippen molar-refractivity contribution < 1.29 is 13.9 Å². The van der Waals surface area contributed by atoms with Crippen LogP contribution in [0.2, 0.25) is 0 Å². The van der Waals surface area contributed by atoms with E-state index in [1.54, 1.807) is 12.1 Å². The molecule has 1 heterocycles. The number of benzene rings is 1. The van der Waals surface area contributed by atoms with Crippen LogP contribution in [0.15, 0.2) is 12.1 Å². The van der Waals surface area contributed by atoms with E-state index in [9.17, 15) is 4.39 Å². The summed E-state index contributed by atoms with van der Waals surface area (Å²) in [4.78, 5) is 0. The molecular weight excluding hydrogens is 249 g/mol. The first-order chi connectivity index (χ1) is 9.21. The maximum atomic E-state index is 14.2. The van der Waals surface area contributed by atoms with Gasteiger partial charge in [0.05, 0.1) is 19.8 Å². The summed E-state index contributed by atoms with van der Waals surface area (Å²) in [5.74, 6) is -0.354. The van der Waals surface area contributed by atoms with Crippen LogP contribution < -0.4 is 15.8 Å². The lowest BCUT2D eigenvalue weighted by molar-refractivity contribution is 0.00299. The molecule has 1 aliphatic heterocycles. The number of hydrogen-bond donors (Lipinski definition) is 2. The van der Waals surface area contributed by atoms with E-state index in [4.69, 9.17) is 20.5 Å². The lowest BCUT2D eigenvalue weighted by Crippen LogP contribution is -2.47. The molecule has 0 unspecified atom stereocenters. The van der Waals surface area contributed by atoms with Gasteiger partial charge in [-0.3, -0.25) is 0 Å². The van der Waals surface area contributed by atoms with Gasteiger partial charge >= 0.3 is 0 Å². The van der Waals surface area contributed by atoms with Crippen molar-refractivity contribution in [2.24, 2.45) is 5.73 Å². The second-order valence-corrected chi connectivity index (χ2v) is 4.32. The Morgan fingerprint density at radius 2 is 2.42 bits per heavy atom. The summed E-state index contributed by atoms with van der Waals surface area (Å²) < 4.78 is 24.8. The van der Waals surface area contributed by atoms with Gasteiger partial charge in [-0.1, -0.05) is 0 Å². The van der Waals surface area contributed by atoms with Gasteiger partial charge in [0.1, 0.15) is 17.4 Å². The highest BCUT2D eigenvalue weighted by Crippen LogP contribution is 2.29. The van der Waals surface area contributed by atoms with E-state index >= 15 is 0 Å². The summed E-state index contributed by atoms with van der Waals surface area (Å²) in [5, 5.41) is 12.2. The van der Waals surface area contributed by atoms with Crippen molar-refractivity contribution >= 4 is 0 Å². The van der Waals surface area contributed by atoms with Gasteiger partial charge in [-0.2, -0.15) is 5.26 Å². The molecule has 0 saturated carbocycles. The van der Waals surface area contributed by atoms with Gasteiger partial charge in [0.25, 0.3) is 0 Å². The van der Waals surface area contributed by atoms with E-state index in [1.165, 1.54) is 7.11 Å². The van der Waals surface area contributed by atoms with E-state index in [-0.39, 0.29) is 17.4 Å².